The van der Waals surface area contributed by atoms with Gasteiger partial charge in [0.2, 0.25) is 0 Å². The van der Waals surface area contributed by atoms with Gasteiger partial charge in [-0.05, 0) is 143 Å². The van der Waals surface area contributed by atoms with Gasteiger partial charge in [-0.3, -0.25) is 0 Å². The van der Waals surface area contributed by atoms with Gasteiger partial charge in [-0.25, -0.2) is 0 Å². The van der Waals surface area contributed by atoms with E-state index in [1.165, 1.54) is 0 Å². The summed E-state index contributed by atoms with van der Waals surface area (Å²) in [5, 5.41) is 5.60. The average Bonchev–Trinajstić information content (AvgIpc) is 3.93. The van der Waals surface area contributed by atoms with Gasteiger partial charge in [0.25, 0.3) is 13.4 Å². The molecule has 18 rings (SSSR count). The first-order valence-electron chi connectivity index (χ1n) is 27.4. The topological polar surface area (TPSA) is 44.2 Å². The Morgan fingerprint density at radius 3 is 1.00 bits per heavy atom. The fourth-order valence-corrected chi connectivity index (χ4v) is 14.5. The van der Waals surface area contributed by atoms with Crippen molar-refractivity contribution in [3.05, 3.63) is 259 Å². The molecule has 0 N–H and O–H groups in total. The SMILES string of the molecule is Clc1cc2c3c(c1)N(c1ccccc1)c1c(oc4ccccc14)B3c1cc3c4cc5c(cc4n(-c4ccccc4)c3cc1N2c1ccccc1)N(c1ccccc1)c1cc(Cl)cc2c1B5c1oc3ccccc3c1N2c1ccccc1. The Kier molecular flexibility index (Phi) is 9.39. The van der Waals surface area contributed by atoms with Crippen molar-refractivity contribution in [3.8, 4) is 5.69 Å². The number of para-hydroxylation sites is 7. The second-order valence-electron chi connectivity index (χ2n) is 21.4. The lowest BCUT2D eigenvalue weighted by atomic mass is 9.35. The van der Waals surface area contributed by atoms with Crippen LogP contribution in [0.3, 0.4) is 0 Å². The lowest BCUT2D eigenvalue weighted by Crippen LogP contribution is -2.61. The summed E-state index contributed by atoms with van der Waals surface area (Å²) in [6.45, 7) is -0.621. The Morgan fingerprint density at radius 2 is 0.617 bits per heavy atom. The molecule has 14 aromatic rings. The Bertz CT molecular complexity index is 4660. The molecule has 0 saturated heterocycles. The molecular weight excluding hydrogens is 1040 g/mol. The van der Waals surface area contributed by atoms with Crippen LogP contribution in [-0.2, 0) is 0 Å². The van der Waals surface area contributed by atoms with E-state index in [-0.39, 0.29) is 13.4 Å². The van der Waals surface area contributed by atoms with Crippen molar-refractivity contribution in [1.82, 2.24) is 4.57 Å². The second-order valence-corrected chi connectivity index (χ2v) is 22.3. The molecule has 4 aliphatic rings. The van der Waals surface area contributed by atoms with Crippen molar-refractivity contribution in [3.63, 3.8) is 0 Å². The molecule has 0 saturated carbocycles. The molecule has 7 nitrogen and oxygen atoms in total. The van der Waals surface area contributed by atoms with E-state index in [4.69, 9.17) is 32.0 Å². The van der Waals surface area contributed by atoms with Gasteiger partial charge in [0.15, 0.2) is 0 Å². The van der Waals surface area contributed by atoms with Crippen LogP contribution in [0.4, 0.5) is 68.2 Å². The first kappa shape index (κ1) is 45.1. The number of fused-ring (bicyclic) bond motifs is 15. The van der Waals surface area contributed by atoms with Gasteiger partial charge >= 0.3 is 0 Å². The number of rotatable bonds is 5. The summed E-state index contributed by atoms with van der Waals surface area (Å²) in [6, 6.07) is 88.5. The molecule has 7 heterocycles. The summed E-state index contributed by atoms with van der Waals surface area (Å²) >= 11 is 14.9. The number of nitrogens with zero attached hydrogens (tertiary/aromatic N) is 5. The quantitative estimate of drug-likeness (QED) is 0.160. The molecular formula is C70H41B2Cl2N5O2. The molecule has 0 aliphatic carbocycles. The molecule has 4 aliphatic heterocycles. The highest BCUT2D eigenvalue weighted by Gasteiger charge is 2.50. The minimum Gasteiger partial charge on any atom is -0.468 e. The van der Waals surface area contributed by atoms with Crippen LogP contribution >= 0.6 is 23.2 Å². The van der Waals surface area contributed by atoms with Crippen LogP contribution in [0.1, 0.15) is 0 Å². The summed E-state index contributed by atoms with van der Waals surface area (Å²) in [7, 11) is 0. The van der Waals surface area contributed by atoms with Crippen LogP contribution in [0.5, 0.6) is 0 Å². The third kappa shape index (κ3) is 6.27. The summed E-state index contributed by atoms with van der Waals surface area (Å²) in [4.78, 5) is 9.53. The van der Waals surface area contributed by atoms with Gasteiger partial charge in [0.1, 0.15) is 11.2 Å². The van der Waals surface area contributed by atoms with Crippen LogP contribution in [0.25, 0.3) is 49.4 Å². The van der Waals surface area contributed by atoms with Crippen LogP contribution in [0.2, 0.25) is 10.0 Å². The monoisotopic (exact) mass is 1080 g/mol. The number of halogens is 2. The normalized spacial score (nSPS) is 13.7. The summed E-state index contributed by atoms with van der Waals surface area (Å²) in [5.74, 6) is 0. The largest absolute Gasteiger partial charge is 0.468 e. The zero-order chi connectivity index (χ0) is 53.2. The van der Waals surface area contributed by atoms with Gasteiger partial charge in [0.05, 0.1) is 33.7 Å². The zero-order valence-corrected chi connectivity index (χ0v) is 44.6. The molecule has 11 heteroatoms. The van der Waals surface area contributed by atoms with E-state index in [0.29, 0.717) is 10.0 Å². The molecule has 3 aromatic heterocycles. The molecule has 378 valence electrons. The first-order valence-corrected chi connectivity index (χ1v) is 28.1. The van der Waals surface area contributed by atoms with Crippen molar-refractivity contribution >= 4 is 182 Å². The van der Waals surface area contributed by atoms with E-state index in [0.717, 1.165) is 151 Å². The summed E-state index contributed by atoms with van der Waals surface area (Å²) in [5.41, 5.74) is 23.3. The van der Waals surface area contributed by atoms with Gasteiger partial charge in [-0.1, -0.05) is 151 Å². The van der Waals surface area contributed by atoms with Gasteiger partial charge in [-0.15, -0.1) is 0 Å². The van der Waals surface area contributed by atoms with Gasteiger partial charge < -0.3 is 33.0 Å². The van der Waals surface area contributed by atoms with E-state index >= 15 is 0 Å². The maximum Gasteiger partial charge on any atom is 0.297 e. The third-order valence-corrected chi connectivity index (χ3v) is 17.6. The standard InChI is InChI=1S/C70H41B2Cl2N5O2/c73-42-34-59-65-61(36-42)78(47-26-12-4-13-27-47)67-49-30-16-18-32-63(49)80-69(67)71(65)53-38-51-52-39-54-58(41-56(52)75(44-20-6-1-7-21-44)55(51)40-57(53)76(59)45-22-8-2-9-23-45)77(46-24-10-3-11-25-46)60-35-43(74)37-62-66(60)72(54)70-68(50-31-17-19-33-64(50)81-70)79(62)48-28-14-5-15-29-48/h1-41H. The molecule has 11 aromatic carbocycles. The predicted molar refractivity (Wildman–Crippen MR) is 338 cm³/mol. The maximum absolute atomic E-state index is 7.43. The number of anilines is 12. The summed E-state index contributed by atoms with van der Waals surface area (Å²) < 4.78 is 17.0. The molecule has 0 fully saturated rings. The van der Waals surface area contributed by atoms with Crippen LogP contribution in [0.15, 0.2) is 258 Å². The van der Waals surface area contributed by atoms with Crippen LogP contribution < -0.4 is 52.8 Å². The number of hydrogen-bond acceptors (Lipinski definition) is 6. The van der Waals surface area contributed by atoms with E-state index in [2.05, 4.69) is 273 Å². The molecule has 0 radical (unpaired) electrons. The maximum atomic E-state index is 7.43. The number of aromatic nitrogens is 1. The smallest absolute Gasteiger partial charge is 0.297 e. The minimum atomic E-state index is -0.310. The van der Waals surface area contributed by atoms with E-state index in [9.17, 15) is 0 Å². The molecule has 0 spiro atoms. The summed E-state index contributed by atoms with van der Waals surface area (Å²) in [6.07, 6.45) is 0. The van der Waals surface area contributed by atoms with Crippen molar-refractivity contribution in [2.75, 3.05) is 19.6 Å². The van der Waals surface area contributed by atoms with Crippen molar-refractivity contribution in [1.29, 1.82) is 0 Å². The van der Waals surface area contributed by atoms with Crippen LogP contribution in [0, 0.1) is 0 Å². The predicted octanol–water partition coefficient (Wildman–Crippen LogP) is 15.7. The molecule has 0 bridgehead atoms. The van der Waals surface area contributed by atoms with E-state index in [1.54, 1.807) is 0 Å². The van der Waals surface area contributed by atoms with Crippen molar-refractivity contribution in [2.45, 2.75) is 0 Å². The minimum absolute atomic E-state index is 0.310. The molecule has 81 heavy (non-hydrogen) atoms. The highest BCUT2D eigenvalue weighted by Crippen LogP contribution is 2.52. The Balaban J connectivity index is 0.982. The number of furan rings is 2. The van der Waals surface area contributed by atoms with E-state index < -0.39 is 0 Å². The van der Waals surface area contributed by atoms with Gasteiger partial charge in [-0.2, -0.15) is 0 Å². The fourth-order valence-electron chi connectivity index (χ4n) is 14.0. The third-order valence-electron chi connectivity index (χ3n) is 17.1. The Hall–Kier alpha value is -9.79. The first-order chi connectivity index (χ1) is 40.0. The Labute approximate surface area is 476 Å². The number of hydrogen-bond donors (Lipinski definition) is 0. The van der Waals surface area contributed by atoms with Crippen molar-refractivity contribution in [2.24, 2.45) is 0 Å². The Morgan fingerprint density at radius 1 is 0.296 bits per heavy atom. The zero-order valence-electron chi connectivity index (χ0n) is 43.1. The lowest BCUT2D eigenvalue weighted by molar-refractivity contribution is 0.651. The second kappa shape index (κ2) is 16.9. The average molecular weight is 1080 g/mol. The molecule has 0 amide bonds. The fraction of sp³-hybridized carbons (Fsp3) is 0. The van der Waals surface area contributed by atoms with Gasteiger partial charge in [0, 0.05) is 94.2 Å². The highest BCUT2D eigenvalue weighted by molar-refractivity contribution is 7.01. The number of benzene rings is 11. The molecule has 0 unspecified atom stereocenters. The molecule has 0 atom stereocenters. The van der Waals surface area contributed by atoms with E-state index in [1.807, 2.05) is 0 Å². The van der Waals surface area contributed by atoms with Crippen LogP contribution in [-0.4, -0.2) is 18.0 Å². The van der Waals surface area contributed by atoms with Crippen molar-refractivity contribution < 1.29 is 8.83 Å². The lowest BCUT2D eigenvalue weighted by Gasteiger charge is -2.42. The highest BCUT2D eigenvalue weighted by atomic mass is 35.5.